The summed E-state index contributed by atoms with van der Waals surface area (Å²) in [6.07, 6.45) is 6.22. The molecule has 0 amide bonds. The molecule has 0 bridgehead atoms. The quantitative estimate of drug-likeness (QED) is 0.344. The van der Waals surface area contributed by atoms with Gasteiger partial charge in [-0.2, -0.15) is 4.37 Å². The number of nitrogens with zero attached hydrogens (tertiary/aromatic N) is 3. The topological polar surface area (TPSA) is 70.5 Å². The predicted molar refractivity (Wildman–Crippen MR) is 100 cm³/mol. The Balaban J connectivity index is 1.88. The molecule has 1 aliphatic rings. The normalized spacial score (nSPS) is 22.8. The van der Waals surface area contributed by atoms with Gasteiger partial charge in [-0.25, -0.2) is 4.79 Å². The molecule has 8 heteroatoms. The average Bonchev–Trinajstić information content (AvgIpc) is 3.09. The highest BCUT2D eigenvalue weighted by Gasteiger charge is 2.36. The predicted octanol–water partition coefficient (Wildman–Crippen LogP) is 3.95. The van der Waals surface area contributed by atoms with Crippen molar-refractivity contribution in [3.05, 3.63) is 5.69 Å². The molecule has 0 aromatic carbocycles. The van der Waals surface area contributed by atoms with Gasteiger partial charge in [-0.1, -0.05) is 26.2 Å². The lowest BCUT2D eigenvalue weighted by atomic mass is 9.94. The molecule has 148 valence electrons. The van der Waals surface area contributed by atoms with Crippen LogP contribution in [0.4, 0.5) is 4.79 Å². The Morgan fingerprint density at radius 3 is 2.85 bits per heavy atom. The maximum Gasteiger partial charge on any atom is 0.512 e. The Labute approximate surface area is 160 Å². The molecule has 1 aromatic rings. The van der Waals surface area contributed by atoms with Crippen LogP contribution in [0.3, 0.4) is 0 Å². The van der Waals surface area contributed by atoms with Gasteiger partial charge in [0.15, 0.2) is 0 Å². The summed E-state index contributed by atoms with van der Waals surface area (Å²) in [6, 6.07) is 0. The zero-order chi connectivity index (χ0) is 18.8. The molecule has 1 fully saturated rings. The number of ether oxygens (including phenoxy) is 3. The smallest absolute Gasteiger partial charge is 0.476 e. The van der Waals surface area contributed by atoms with E-state index in [2.05, 4.69) is 22.7 Å². The van der Waals surface area contributed by atoms with Crippen LogP contribution in [0.2, 0.25) is 0 Å². The van der Waals surface area contributed by atoms with E-state index in [1.807, 2.05) is 0 Å². The van der Waals surface area contributed by atoms with Crippen molar-refractivity contribution in [2.75, 3.05) is 40.1 Å². The molecular weight excluding hydrogens is 354 g/mol. The standard InChI is InChI=1S/C18H32N3O4S/c1-4-6-7-8-12-24-17-16(19-26-20-17)15-10-9-11-21(3,13-15)14-25-18(22)23-5-2/h15H,4-14H2,1-3H3/q+1. The number of carbonyl (C=O) groups is 1. The molecule has 0 spiro atoms. The highest BCUT2D eigenvalue weighted by Crippen LogP contribution is 2.34. The summed E-state index contributed by atoms with van der Waals surface area (Å²) in [4.78, 5) is 11.5. The summed E-state index contributed by atoms with van der Waals surface area (Å²) in [5.41, 5.74) is 0.964. The van der Waals surface area contributed by atoms with Crippen molar-refractivity contribution in [2.24, 2.45) is 0 Å². The van der Waals surface area contributed by atoms with Crippen LogP contribution in [0.25, 0.3) is 0 Å². The fraction of sp³-hybridized carbons (Fsp3) is 0.833. The number of likely N-dealkylation sites (N-methyl/N-ethyl adjacent to an activating group) is 1. The van der Waals surface area contributed by atoms with Gasteiger partial charge in [0.05, 0.1) is 51.0 Å². The molecule has 2 unspecified atom stereocenters. The zero-order valence-corrected chi connectivity index (χ0v) is 17.1. The lowest BCUT2D eigenvalue weighted by Crippen LogP contribution is -2.52. The summed E-state index contributed by atoms with van der Waals surface area (Å²) >= 11 is 1.22. The second-order valence-corrected chi connectivity index (χ2v) is 7.71. The first-order valence-corrected chi connectivity index (χ1v) is 10.4. The van der Waals surface area contributed by atoms with E-state index in [1.165, 1.54) is 31.0 Å². The second kappa shape index (κ2) is 10.7. The van der Waals surface area contributed by atoms with Crippen molar-refractivity contribution < 1.29 is 23.5 Å². The first-order valence-electron chi connectivity index (χ1n) is 9.66. The maximum atomic E-state index is 11.5. The van der Waals surface area contributed by atoms with Crippen molar-refractivity contribution in [1.29, 1.82) is 0 Å². The van der Waals surface area contributed by atoms with Crippen LogP contribution >= 0.6 is 11.7 Å². The Morgan fingerprint density at radius 2 is 2.08 bits per heavy atom. The van der Waals surface area contributed by atoms with E-state index < -0.39 is 6.16 Å². The van der Waals surface area contributed by atoms with Crippen molar-refractivity contribution in [3.63, 3.8) is 0 Å². The van der Waals surface area contributed by atoms with Crippen LogP contribution in [0.1, 0.15) is 64.0 Å². The molecule has 26 heavy (non-hydrogen) atoms. The van der Waals surface area contributed by atoms with Crippen molar-refractivity contribution in [1.82, 2.24) is 8.75 Å². The number of hydrogen-bond donors (Lipinski definition) is 0. The van der Waals surface area contributed by atoms with E-state index >= 15 is 0 Å². The molecule has 2 atom stereocenters. The second-order valence-electron chi connectivity index (χ2n) is 7.19. The third-order valence-electron chi connectivity index (χ3n) is 4.77. The van der Waals surface area contributed by atoms with Gasteiger partial charge in [-0.3, -0.25) is 4.48 Å². The molecule has 0 N–H and O–H groups in total. The number of hydrogen-bond acceptors (Lipinski definition) is 7. The number of carbonyl (C=O) groups excluding carboxylic acids is 1. The van der Waals surface area contributed by atoms with Gasteiger partial charge in [0, 0.05) is 0 Å². The highest BCUT2D eigenvalue weighted by atomic mass is 32.1. The van der Waals surface area contributed by atoms with Gasteiger partial charge in [-0.05, 0) is 26.2 Å². The molecular formula is C18H32N3O4S+. The molecule has 1 aromatic heterocycles. The molecule has 0 aliphatic carbocycles. The minimum Gasteiger partial charge on any atom is -0.476 e. The summed E-state index contributed by atoms with van der Waals surface area (Å²) in [5.74, 6) is 0.972. The first-order chi connectivity index (χ1) is 12.6. The average molecular weight is 387 g/mol. The lowest BCUT2D eigenvalue weighted by molar-refractivity contribution is -0.931. The molecule has 0 saturated carbocycles. The lowest BCUT2D eigenvalue weighted by Gasteiger charge is -2.39. The van der Waals surface area contributed by atoms with Gasteiger partial charge in [-0.15, -0.1) is 4.37 Å². The maximum absolute atomic E-state index is 11.5. The molecule has 7 nitrogen and oxygen atoms in total. The number of likely N-dealkylation sites (tertiary alicyclic amines) is 1. The van der Waals surface area contributed by atoms with Gasteiger partial charge in [0.25, 0.3) is 0 Å². The minimum atomic E-state index is -0.597. The summed E-state index contributed by atoms with van der Waals surface area (Å²) in [5, 5.41) is 0. The van der Waals surface area contributed by atoms with Crippen molar-refractivity contribution in [2.45, 2.75) is 58.3 Å². The Hall–Kier alpha value is -1.41. The van der Waals surface area contributed by atoms with E-state index in [9.17, 15) is 4.79 Å². The Morgan fingerprint density at radius 1 is 1.23 bits per heavy atom. The van der Waals surface area contributed by atoms with Gasteiger partial charge >= 0.3 is 6.16 Å². The van der Waals surface area contributed by atoms with Crippen LogP contribution in [0, 0.1) is 0 Å². The van der Waals surface area contributed by atoms with Gasteiger partial charge in [0.1, 0.15) is 5.69 Å². The SMILES string of the molecule is CCCCCCOc1nsnc1C1CCC[N+](C)(COC(=O)OCC)C1. The van der Waals surface area contributed by atoms with E-state index in [0.29, 0.717) is 30.3 Å². The number of unbranched alkanes of at least 4 members (excludes halogenated alkanes) is 3. The molecule has 2 heterocycles. The fourth-order valence-electron chi connectivity index (χ4n) is 3.38. The number of piperidine rings is 1. The van der Waals surface area contributed by atoms with E-state index in [4.69, 9.17) is 14.2 Å². The highest BCUT2D eigenvalue weighted by molar-refractivity contribution is 6.99. The van der Waals surface area contributed by atoms with Crippen LogP contribution in [0.15, 0.2) is 0 Å². The Kier molecular flexibility index (Phi) is 8.58. The zero-order valence-electron chi connectivity index (χ0n) is 16.2. The third kappa shape index (κ3) is 6.39. The van der Waals surface area contributed by atoms with E-state index in [0.717, 1.165) is 38.0 Å². The number of quaternary nitrogens is 1. The van der Waals surface area contributed by atoms with Crippen LogP contribution in [0.5, 0.6) is 5.88 Å². The van der Waals surface area contributed by atoms with E-state index in [-0.39, 0.29) is 5.92 Å². The third-order valence-corrected chi connectivity index (χ3v) is 5.30. The largest absolute Gasteiger partial charge is 0.512 e. The molecule has 1 saturated heterocycles. The summed E-state index contributed by atoms with van der Waals surface area (Å²) in [6.45, 7) is 7.15. The number of aromatic nitrogens is 2. The van der Waals surface area contributed by atoms with Gasteiger partial charge < -0.3 is 14.2 Å². The fourth-order valence-corrected chi connectivity index (χ4v) is 3.95. The van der Waals surface area contributed by atoms with Crippen LogP contribution < -0.4 is 4.74 Å². The minimum absolute atomic E-state index is 0.281. The Bertz CT molecular complexity index is 554. The van der Waals surface area contributed by atoms with E-state index in [1.54, 1.807) is 6.92 Å². The van der Waals surface area contributed by atoms with Crippen molar-refractivity contribution >= 4 is 17.9 Å². The first kappa shape index (κ1) is 20.9. The summed E-state index contributed by atoms with van der Waals surface area (Å²) in [7, 11) is 2.11. The van der Waals surface area contributed by atoms with Crippen LogP contribution in [-0.2, 0) is 9.47 Å². The van der Waals surface area contributed by atoms with Crippen LogP contribution in [-0.4, -0.2) is 59.5 Å². The summed E-state index contributed by atoms with van der Waals surface area (Å²) < 4.78 is 25.5. The number of rotatable bonds is 10. The monoisotopic (exact) mass is 386 g/mol. The van der Waals surface area contributed by atoms with Crippen molar-refractivity contribution in [3.8, 4) is 5.88 Å². The van der Waals surface area contributed by atoms with Gasteiger partial charge in [0.2, 0.25) is 12.6 Å². The molecule has 1 aliphatic heterocycles. The molecule has 2 rings (SSSR count). The molecule has 0 radical (unpaired) electrons.